The van der Waals surface area contributed by atoms with Crippen LogP contribution < -0.4 is 14.8 Å². The Morgan fingerprint density at radius 1 is 0.909 bits per heavy atom. The van der Waals surface area contributed by atoms with E-state index in [1.165, 1.54) is 49.6 Å². The number of ether oxygens (including phenoxy) is 2. The highest BCUT2D eigenvalue weighted by molar-refractivity contribution is 7.92. The summed E-state index contributed by atoms with van der Waals surface area (Å²) in [4.78, 5) is 24.3. The van der Waals surface area contributed by atoms with Crippen molar-refractivity contribution < 1.29 is 27.5 Å². The van der Waals surface area contributed by atoms with Gasteiger partial charge < -0.3 is 14.8 Å². The number of carbonyl (C=O) groups excluding carboxylic acids is 2. The third-order valence-corrected chi connectivity index (χ3v) is 6.07. The second kappa shape index (κ2) is 10.2. The van der Waals surface area contributed by atoms with Gasteiger partial charge in [-0.25, -0.2) is 13.2 Å². The van der Waals surface area contributed by atoms with E-state index < -0.39 is 21.9 Å². The Bertz CT molecular complexity index is 1250. The molecule has 0 saturated heterocycles. The fourth-order valence-electron chi connectivity index (χ4n) is 2.95. The van der Waals surface area contributed by atoms with Gasteiger partial charge in [-0.15, -0.1) is 0 Å². The van der Waals surface area contributed by atoms with Crippen molar-refractivity contribution >= 4 is 33.3 Å². The van der Waals surface area contributed by atoms with Gasteiger partial charge in [-0.05, 0) is 68.4 Å². The molecule has 0 unspecified atom stereocenters. The van der Waals surface area contributed by atoms with Gasteiger partial charge in [0, 0.05) is 11.3 Å². The average Bonchev–Trinajstić information content (AvgIpc) is 2.79. The third-order valence-electron chi connectivity index (χ3n) is 4.69. The maximum Gasteiger partial charge on any atom is 0.338 e. The van der Waals surface area contributed by atoms with Crippen molar-refractivity contribution in [3.8, 4) is 5.75 Å². The fraction of sp³-hybridized carbons (Fsp3) is 0.167. The monoisotopic (exact) mass is 468 g/mol. The van der Waals surface area contributed by atoms with Crippen LogP contribution in [0.4, 0.5) is 11.4 Å². The zero-order valence-electron chi connectivity index (χ0n) is 18.4. The zero-order chi connectivity index (χ0) is 24.0. The molecule has 1 amide bonds. The first kappa shape index (κ1) is 23.8. The predicted molar refractivity (Wildman–Crippen MR) is 125 cm³/mol. The van der Waals surface area contributed by atoms with E-state index in [9.17, 15) is 18.0 Å². The van der Waals surface area contributed by atoms with Crippen molar-refractivity contribution in [2.45, 2.75) is 18.7 Å². The first-order chi connectivity index (χ1) is 15.7. The van der Waals surface area contributed by atoms with E-state index in [4.69, 9.17) is 9.47 Å². The molecular formula is C24H24N2O6S. The highest BCUT2D eigenvalue weighted by atomic mass is 32.2. The Balaban J connectivity index is 1.82. The molecule has 0 fully saturated rings. The molecule has 3 aromatic rings. The summed E-state index contributed by atoms with van der Waals surface area (Å²) in [6.07, 6.45) is 0. The number of carbonyl (C=O) groups is 2. The molecule has 0 aliphatic carbocycles. The molecule has 0 bridgehead atoms. The largest absolute Gasteiger partial charge is 0.495 e. The molecule has 0 aromatic heterocycles. The molecule has 3 aromatic carbocycles. The van der Waals surface area contributed by atoms with Gasteiger partial charge in [0.05, 0.1) is 29.9 Å². The van der Waals surface area contributed by atoms with Crippen LogP contribution in [0.1, 0.15) is 33.2 Å². The number of benzene rings is 3. The molecule has 0 aliphatic rings. The minimum absolute atomic E-state index is 0.0722. The first-order valence-corrected chi connectivity index (χ1v) is 11.6. The smallest absolute Gasteiger partial charge is 0.338 e. The lowest BCUT2D eigenvalue weighted by Crippen LogP contribution is -2.16. The number of methoxy groups -OCH3 is 1. The number of hydrogen-bond acceptors (Lipinski definition) is 6. The number of anilines is 2. The highest BCUT2D eigenvalue weighted by Gasteiger charge is 2.19. The average molecular weight is 469 g/mol. The molecule has 2 N–H and O–H groups in total. The lowest BCUT2D eigenvalue weighted by Gasteiger charge is -2.14. The molecule has 3 rings (SSSR count). The molecule has 0 heterocycles. The molecule has 8 nitrogen and oxygen atoms in total. The van der Waals surface area contributed by atoms with Gasteiger partial charge in [0.15, 0.2) is 0 Å². The lowest BCUT2D eigenvalue weighted by atomic mass is 10.1. The minimum atomic E-state index is -3.98. The van der Waals surface area contributed by atoms with Crippen molar-refractivity contribution in [3.05, 3.63) is 83.4 Å². The van der Waals surface area contributed by atoms with E-state index in [1.54, 1.807) is 19.1 Å². The van der Waals surface area contributed by atoms with E-state index >= 15 is 0 Å². The van der Waals surface area contributed by atoms with Crippen LogP contribution in [-0.4, -0.2) is 34.0 Å². The summed E-state index contributed by atoms with van der Waals surface area (Å²) < 4.78 is 38.5. The van der Waals surface area contributed by atoms with Gasteiger partial charge in [-0.1, -0.05) is 17.7 Å². The van der Waals surface area contributed by atoms with Crippen LogP contribution in [0.15, 0.2) is 71.6 Å². The SMILES string of the molecule is CCOC(=O)c1ccc(NS(=O)(=O)c2ccc(OC)c(NC(=O)c3ccc(C)cc3)c2)cc1. The normalized spacial score (nSPS) is 10.9. The van der Waals surface area contributed by atoms with Gasteiger partial charge in [0.25, 0.3) is 15.9 Å². The minimum Gasteiger partial charge on any atom is -0.495 e. The van der Waals surface area contributed by atoms with Crippen LogP contribution in [0.2, 0.25) is 0 Å². The number of hydrogen-bond donors (Lipinski definition) is 2. The topological polar surface area (TPSA) is 111 Å². The van der Waals surface area contributed by atoms with Crippen molar-refractivity contribution in [2.75, 3.05) is 23.8 Å². The number of nitrogens with one attached hydrogen (secondary N) is 2. The Morgan fingerprint density at radius 3 is 2.15 bits per heavy atom. The van der Waals surface area contributed by atoms with Crippen LogP contribution in [0.3, 0.4) is 0 Å². The summed E-state index contributed by atoms with van der Waals surface area (Å²) in [7, 11) is -2.56. The Kier molecular flexibility index (Phi) is 7.34. The second-order valence-electron chi connectivity index (χ2n) is 7.09. The highest BCUT2D eigenvalue weighted by Crippen LogP contribution is 2.29. The fourth-order valence-corrected chi connectivity index (χ4v) is 4.04. The summed E-state index contributed by atoms with van der Waals surface area (Å²) in [6.45, 7) is 3.86. The van der Waals surface area contributed by atoms with E-state index in [0.29, 0.717) is 16.9 Å². The Labute approximate surface area is 192 Å². The maximum atomic E-state index is 12.9. The molecule has 172 valence electrons. The van der Waals surface area contributed by atoms with Crippen LogP contribution in [0.25, 0.3) is 0 Å². The molecular weight excluding hydrogens is 444 g/mol. The van der Waals surface area contributed by atoms with Crippen LogP contribution >= 0.6 is 0 Å². The first-order valence-electron chi connectivity index (χ1n) is 10.1. The molecule has 0 radical (unpaired) electrons. The van der Waals surface area contributed by atoms with E-state index in [0.717, 1.165) is 5.56 Å². The number of aryl methyl sites for hydroxylation is 1. The summed E-state index contributed by atoms with van der Waals surface area (Å²) in [5.74, 6) is -0.574. The molecule has 0 spiro atoms. The zero-order valence-corrected chi connectivity index (χ0v) is 19.2. The van der Waals surface area contributed by atoms with Crippen LogP contribution in [0.5, 0.6) is 5.75 Å². The van der Waals surface area contributed by atoms with Crippen molar-refractivity contribution in [2.24, 2.45) is 0 Å². The van der Waals surface area contributed by atoms with Gasteiger partial charge in [-0.2, -0.15) is 0 Å². The molecule has 0 atom stereocenters. The quantitative estimate of drug-likeness (QED) is 0.479. The summed E-state index contributed by atoms with van der Waals surface area (Å²) in [6, 6.07) is 17.0. The molecule has 9 heteroatoms. The standard InChI is InChI=1S/C24H24N2O6S/c1-4-32-24(28)18-9-11-19(12-10-18)26-33(29,30)20-13-14-22(31-3)21(15-20)25-23(27)17-7-5-16(2)6-8-17/h5-15,26H,4H2,1-3H3,(H,25,27). The van der Waals surface area contributed by atoms with Crippen molar-refractivity contribution in [1.29, 1.82) is 0 Å². The van der Waals surface area contributed by atoms with E-state index in [2.05, 4.69) is 10.0 Å². The van der Waals surface area contributed by atoms with Crippen LogP contribution in [0, 0.1) is 6.92 Å². The number of rotatable bonds is 8. The molecule has 33 heavy (non-hydrogen) atoms. The van der Waals surface area contributed by atoms with Gasteiger partial charge >= 0.3 is 5.97 Å². The maximum absolute atomic E-state index is 12.9. The van der Waals surface area contributed by atoms with Gasteiger partial charge in [0.1, 0.15) is 5.75 Å². The van der Waals surface area contributed by atoms with Gasteiger partial charge in [-0.3, -0.25) is 9.52 Å². The number of esters is 1. The summed E-state index contributed by atoms with van der Waals surface area (Å²) in [5, 5.41) is 2.70. The summed E-state index contributed by atoms with van der Waals surface area (Å²) in [5.41, 5.74) is 2.23. The number of sulfonamides is 1. The van der Waals surface area contributed by atoms with Gasteiger partial charge in [0.2, 0.25) is 0 Å². The summed E-state index contributed by atoms with van der Waals surface area (Å²) >= 11 is 0. The third kappa shape index (κ3) is 5.89. The van der Waals surface area contributed by atoms with E-state index in [1.807, 2.05) is 19.1 Å². The van der Waals surface area contributed by atoms with E-state index in [-0.39, 0.29) is 22.9 Å². The van der Waals surface area contributed by atoms with Crippen molar-refractivity contribution in [3.63, 3.8) is 0 Å². The van der Waals surface area contributed by atoms with Crippen molar-refractivity contribution in [1.82, 2.24) is 0 Å². The molecule has 0 saturated carbocycles. The Morgan fingerprint density at radius 2 is 1.55 bits per heavy atom. The lowest BCUT2D eigenvalue weighted by molar-refractivity contribution is 0.0526. The predicted octanol–water partition coefficient (Wildman–Crippen LogP) is 4.23. The Hall–Kier alpha value is -3.85. The molecule has 0 aliphatic heterocycles. The number of amides is 1. The second-order valence-corrected chi connectivity index (χ2v) is 8.77. The van der Waals surface area contributed by atoms with Crippen LogP contribution in [-0.2, 0) is 14.8 Å².